The molecule has 3 rings (SSSR count). The van der Waals surface area contributed by atoms with E-state index in [1.54, 1.807) is 18.4 Å². The largest absolute Gasteiger partial charge is 0.497 e. The third-order valence-corrected chi connectivity index (χ3v) is 5.50. The van der Waals surface area contributed by atoms with Crippen molar-refractivity contribution >= 4 is 11.3 Å². The van der Waals surface area contributed by atoms with Crippen LogP contribution in [0.3, 0.4) is 0 Å². The third-order valence-electron chi connectivity index (χ3n) is 4.39. The number of aromatic nitrogens is 1. The number of methoxy groups -OCH3 is 1. The lowest BCUT2D eigenvalue weighted by Gasteiger charge is -2.06. The lowest BCUT2D eigenvalue weighted by atomic mass is 10.1. The molecular formula is C21H24N2O2S. The predicted molar refractivity (Wildman–Crippen MR) is 108 cm³/mol. The van der Waals surface area contributed by atoms with Gasteiger partial charge in [-0.05, 0) is 49.2 Å². The first-order valence-corrected chi connectivity index (χ1v) is 9.58. The van der Waals surface area contributed by atoms with Gasteiger partial charge in [0, 0.05) is 39.7 Å². The summed E-state index contributed by atoms with van der Waals surface area (Å²) in [4.78, 5) is 17.3. The van der Waals surface area contributed by atoms with Crippen LogP contribution in [0.4, 0.5) is 0 Å². The first kappa shape index (κ1) is 18.4. The van der Waals surface area contributed by atoms with Gasteiger partial charge in [-0.15, -0.1) is 11.3 Å². The number of pyridine rings is 1. The predicted octanol–water partition coefficient (Wildman–Crippen LogP) is 4.27. The number of hydrogen-bond acceptors (Lipinski definition) is 4. The molecule has 5 heteroatoms. The van der Waals surface area contributed by atoms with Gasteiger partial charge in [-0.25, -0.2) is 0 Å². The molecule has 4 nitrogen and oxygen atoms in total. The molecule has 0 fully saturated rings. The number of aromatic amines is 1. The van der Waals surface area contributed by atoms with Crippen LogP contribution in [0, 0.1) is 6.92 Å². The molecule has 0 unspecified atom stereocenters. The monoisotopic (exact) mass is 368 g/mol. The molecule has 0 bridgehead atoms. The lowest BCUT2D eigenvalue weighted by Crippen LogP contribution is -2.13. The molecule has 2 N–H and O–H groups in total. The maximum absolute atomic E-state index is 11.9. The normalized spacial score (nSPS) is 10.9. The van der Waals surface area contributed by atoms with Crippen LogP contribution >= 0.6 is 11.3 Å². The second kappa shape index (κ2) is 8.34. The minimum Gasteiger partial charge on any atom is -0.497 e. The van der Waals surface area contributed by atoms with Gasteiger partial charge in [0.25, 0.3) is 5.56 Å². The van der Waals surface area contributed by atoms with Crippen molar-refractivity contribution in [2.75, 3.05) is 7.11 Å². The molecule has 0 radical (unpaired) electrons. The van der Waals surface area contributed by atoms with E-state index in [4.69, 9.17) is 4.74 Å². The first-order chi connectivity index (χ1) is 12.6. The number of aryl methyl sites for hydroxylation is 2. The van der Waals surface area contributed by atoms with Crippen LogP contribution in [0.15, 0.2) is 47.3 Å². The van der Waals surface area contributed by atoms with E-state index in [2.05, 4.69) is 28.5 Å². The van der Waals surface area contributed by atoms with Crippen molar-refractivity contribution in [3.05, 3.63) is 74.5 Å². The summed E-state index contributed by atoms with van der Waals surface area (Å²) in [5.74, 6) is 0.878. The van der Waals surface area contributed by atoms with E-state index < -0.39 is 0 Å². The maximum Gasteiger partial charge on any atom is 0.251 e. The highest BCUT2D eigenvalue weighted by Gasteiger charge is 2.09. The summed E-state index contributed by atoms with van der Waals surface area (Å²) in [5.41, 5.74) is 4.09. The van der Waals surface area contributed by atoms with Gasteiger partial charge in [0.15, 0.2) is 0 Å². The van der Waals surface area contributed by atoms with Crippen molar-refractivity contribution < 1.29 is 4.74 Å². The first-order valence-electron chi connectivity index (χ1n) is 8.76. The maximum atomic E-state index is 11.9. The molecular weight excluding hydrogens is 344 g/mol. The Bertz CT molecular complexity index is 943. The molecule has 0 aliphatic rings. The SMILES string of the molecule is CCc1cc(-c2ccc(CNCc3cccc(OC)c3)s2)c(C)[nH]c1=O. The molecule has 2 heterocycles. The summed E-state index contributed by atoms with van der Waals surface area (Å²) in [7, 11) is 1.68. The van der Waals surface area contributed by atoms with E-state index in [0.29, 0.717) is 0 Å². The van der Waals surface area contributed by atoms with Crippen LogP contribution in [-0.2, 0) is 19.5 Å². The zero-order valence-electron chi connectivity index (χ0n) is 15.4. The molecule has 0 saturated heterocycles. The minimum absolute atomic E-state index is 0.0190. The standard InChI is InChI=1S/C21H24N2O2S/c1-4-16-11-19(14(2)23-21(16)24)20-9-8-18(26-20)13-22-12-15-6-5-7-17(10-15)25-3/h5-11,22H,4,12-13H2,1-3H3,(H,23,24). The van der Waals surface area contributed by atoms with Crippen LogP contribution < -0.4 is 15.6 Å². The Morgan fingerprint density at radius 2 is 2.00 bits per heavy atom. The number of ether oxygens (including phenoxy) is 1. The number of hydrogen-bond donors (Lipinski definition) is 2. The Hall–Kier alpha value is -2.37. The Kier molecular flexibility index (Phi) is 5.91. The van der Waals surface area contributed by atoms with Crippen molar-refractivity contribution in [1.82, 2.24) is 10.3 Å². The Morgan fingerprint density at radius 3 is 2.77 bits per heavy atom. The van der Waals surface area contributed by atoms with Gasteiger partial charge in [0.05, 0.1) is 7.11 Å². The zero-order chi connectivity index (χ0) is 18.5. The van der Waals surface area contributed by atoms with Crippen molar-refractivity contribution in [3.8, 4) is 16.2 Å². The van der Waals surface area contributed by atoms with Crippen LogP contribution in [0.2, 0.25) is 0 Å². The van der Waals surface area contributed by atoms with Crippen LogP contribution in [-0.4, -0.2) is 12.1 Å². The average molecular weight is 369 g/mol. The summed E-state index contributed by atoms with van der Waals surface area (Å²) < 4.78 is 5.26. The van der Waals surface area contributed by atoms with Crippen LogP contribution in [0.25, 0.3) is 10.4 Å². The Balaban J connectivity index is 1.67. The highest BCUT2D eigenvalue weighted by atomic mass is 32.1. The van der Waals surface area contributed by atoms with E-state index in [1.165, 1.54) is 15.3 Å². The van der Waals surface area contributed by atoms with E-state index in [9.17, 15) is 4.79 Å². The van der Waals surface area contributed by atoms with Gasteiger partial charge < -0.3 is 15.0 Å². The molecule has 1 aromatic carbocycles. The number of H-pyrrole nitrogens is 1. The molecule has 0 spiro atoms. The highest BCUT2D eigenvalue weighted by molar-refractivity contribution is 7.15. The fourth-order valence-corrected chi connectivity index (χ4v) is 3.97. The van der Waals surface area contributed by atoms with Crippen molar-refractivity contribution in [2.45, 2.75) is 33.4 Å². The second-order valence-electron chi connectivity index (χ2n) is 6.24. The summed E-state index contributed by atoms with van der Waals surface area (Å²) in [5, 5.41) is 3.48. The smallest absolute Gasteiger partial charge is 0.251 e. The fraction of sp³-hybridized carbons (Fsp3) is 0.286. The molecule has 136 valence electrons. The van der Waals surface area contributed by atoms with Gasteiger partial charge in [-0.2, -0.15) is 0 Å². The molecule has 3 aromatic rings. The Morgan fingerprint density at radius 1 is 1.15 bits per heavy atom. The lowest BCUT2D eigenvalue weighted by molar-refractivity contribution is 0.414. The quantitative estimate of drug-likeness (QED) is 0.655. The molecule has 0 saturated carbocycles. The molecule has 26 heavy (non-hydrogen) atoms. The van der Waals surface area contributed by atoms with Crippen LogP contribution in [0.1, 0.15) is 28.6 Å². The fourth-order valence-electron chi connectivity index (χ4n) is 2.91. The van der Waals surface area contributed by atoms with Gasteiger partial charge in [0.2, 0.25) is 0 Å². The summed E-state index contributed by atoms with van der Waals surface area (Å²) in [6.07, 6.45) is 0.739. The number of rotatable bonds is 7. The van der Waals surface area contributed by atoms with Crippen molar-refractivity contribution in [2.24, 2.45) is 0 Å². The number of thiophene rings is 1. The number of benzene rings is 1. The highest BCUT2D eigenvalue weighted by Crippen LogP contribution is 2.30. The summed E-state index contributed by atoms with van der Waals surface area (Å²) in [6.45, 7) is 5.57. The van der Waals surface area contributed by atoms with Crippen molar-refractivity contribution in [1.29, 1.82) is 0 Å². The van der Waals surface area contributed by atoms with Gasteiger partial charge in [0.1, 0.15) is 5.75 Å². The van der Waals surface area contributed by atoms with E-state index >= 15 is 0 Å². The van der Waals surface area contributed by atoms with Gasteiger partial charge in [-0.1, -0.05) is 19.1 Å². The van der Waals surface area contributed by atoms with Crippen molar-refractivity contribution in [3.63, 3.8) is 0 Å². The minimum atomic E-state index is 0.0190. The van der Waals surface area contributed by atoms with E-state index in [0.717, 1.165) is 42.1 Å². The topological polar surface area (TPSA) is 54.1 Å². The second-order valence-corrected chi connectivity index (χ2v) is 7.41. The molecule has 2 aromatic heterocycles. The van der Waals surface area contributed by atoms with E-state index in [-0.39, 0.29) is 5.56 Å². The third kappa shape index (κ3) is 4.23. The molecule has 0 atom stereocenters. The van der Waals surface area contributed by atoms with E-state index in [1.807, 2.05) is 38.1 Å². The van der Waals surface area contributed by atoms with Gasteiger partial charge >= 0.3 is 0 Å². The Labute approximate surface area is 157 Å². The average Bonchev–Trinajstić information content (AvgIpc) is 3.10. The summed E-state index contributed by atoms with van der Waals surface area (Å²) in [6, 6.07) is 14.4. The molecule has 0 aliphatic heterocycles. The van der Waals surface area contributed by atoms with Gasteiger partial charge in [-0.3, -0.25) is 4.79 Å². The number of nitrogens with one attached hydrogen (secondary N) is 2. The molecule has 0 amide bonds. The summed E-state index contributed by atoms with van der Waals surface area (Å²) >= 11 is 1.76. The zero-order valence-corrected chi connectivity index (χ0v) is 16.2. The van der Waals surface area contributed by atoms with Crippen LogP contribution in [0.5, 0.6) is 5.75 Å². The molecule has 0 aliphatic carbocycles.